The zero-order chi connectivity index (χ0) is 22.6. The quantitative estimate of drug-likeness (QED) is 0.657. The standard InChI is InChI=1S/C21H18F3NO6/c1-28-19(26)17-11-30-12-25(18(17)20(27)29-2)14-5-9-16(10-6-14)31-15-7-3-13(4-8-15)21(22,23)24/h3-10H,11-12H2,1-2H3. The molecule has 0 saturated heterocycles. The van der Waals surface area contributed by atoms with Crippen molar-refractivity contribution in [2.45, 2.75) is 6.18 Å². The minimum Gasteiger partial charge on any atom is -0.466 e. The first-order chi connectivity index (χ1) is 14.7. The summed E-state index contributed by atoms with van der Waals surface area (Å²) in [6.45, 7) is -0.118. The Morgan fingerprint density at radius 2 is 1.45 bits per heavy atom. The Labute approximate surface area is 175 Å². The zero-order valence-corrected chi connectivity index (χ0v) is 16.6. The first-order valence-electron chi connectivity index (χ1n) is 8.95. The van der Waals surface area contributed by atoms with Crippen molar-refractivity contribution in [1.29, 1.82) is 0 Å². The van der Waals surface area contributed by atoms with E-state index >= 15 is 0 Å². The molecule has 0 aromatic heterocycles. The van der Waals surface area contributed by atoms with Gasteiger partial charge in [0.25, 0.3) is 0 Å². The van der Waals surface area contributed by atoms with Gasteiger partial charge in [0.15, 0.2) is 0 Å². The third kappa shape index (κ3) is 4.97. The molecule has 1 aliphatic rings. The fraction of sp³-hybridized carbons (Fsp3) is 0.238. The highest BCUT2D eigenvalue weighted by Gasteiger charge is 2.32. The summed E-state index contributed by atoms with van der Waals surface area (Å²) in [6, 6.07) is 10.6. The average molecular weight is 437 g/mol. The first kappa shape index (κ1) is 22.2. The number of carbonyl (C=O) groups is 2. The van der Waals surface area contributed by atoms with Crippen LogP contribution < -0.4 is 9.64 Å². The summed E-state index contributed by atoms with van der Waals surface area (Å²) in [5.41, 5.74) is -0.257. The lowest BCUT2D eigenvalue weighted by Gasteiger charge is -2.31. The number of anilines is 1. The molecule has 2 aromatic carbocycles. The van der Waals surface area contributed by atoms with E-state index in [9.17, 15) is 22.8 Å². The number of ether oxygens (including phenoxy) is 4. The largest absolute Gasteiger partial charge is 0.466 e. The molecule has 0 atom stereocenters. The molecule has 0 spiro atoms. The Hall–Kier alpha value is -3.53. The fourth-order valence-electron chi connectivity index (χ4n) is 2.89. The molecule has 31 heavy (non-hydrogen) atoms. The predicted octanol–water partition coefficient (Wildman–Crippen LogP) is 3.89. The number of benzene rings is 2. The van der Waals surface area contributed by atoms with E-state index in [-0.39, 0.29) is 30.4 Å². The van der Waals surface area contributed by atoms with Crippen LogP contribution in [0.2, 0.25) is 0 Å². The lowest BCUT2D eigenvalue weighted by molar-refractivity contribution is -0.140. The van der Waals surface area contributed by atoms with Gasteiger partial charge in [-0.3, -0.25) is 0 Å². The SMILES string of the molecule is COC(=O)C1=C(C(=O)OC)N(c2ccc(Oc3ccc(C(F)(F)F)cc3)cc2)COC1. The highest BCUT2D eigenvalue weighted by Crippen LogP contribution is 2.32. The van der Waals surface area contributed by atoms with E-state index < -0.39 is 23.7 Å². The normalized spacial score (nSPS) is 14.3. The van der Waals surface area contributed by atoms with Gasteiger partial charge >= 0.3 is 18.1 Å². The molecular formula is C21H18F3NO6. The Morgan fingerprint density at radius 1 is 0.903 bits per heavy atom. The molecule has 3 rings (SSSR count). The minimum absolute atomic E-state index is 0.00277. The van der Waals surface area contributed by atoms with E-state index in [0.717, 1.165) is 12.1 Å². The van der Waals surface area contributed by atoms with Gasteiger partial charge in [0.2, 0.25) is 0 Å². The van der Waals surface area contributed by atoms with Crippen molar-refractivity contribution in [3.63, 3.8) is 0 Å². The summed E-state index contributed by atoms with van der Waals surface area (Å²) in [6.07, 6.45) is -4.43. The van der Waals surface area contributed by atoms with E-state index in [0.29, 0.717) is 11.4 Å². The van der Waals surface area contributed by atoms with Gasteiger partial charge in [-0.15, -0.1) is 0 Å². The monoisotopic (exact) mass is 437 g/mol. The van der Waals surface area contributed by atoms with Crippen LogP contribution in [0.25, 0.3) is 0 Å². The highest BCUT2D eigenvalue weighted by molar-refractivity contribution is 6.03. The third-order valence-corrected chi connectivity index (χ3v) is 4.40. The topological polar surface area (TPSA) is 74.3 Å². The van der Waals surface area contributed by atoms with Crippen molar-refractivity contribution in [2.24, 2.45) is 0 Å². The molecule has 10 heteroatoms. The fourth-order valence-corrected chi connectivity index (χ4v) is 2.89. The highest BCUT2D eigenvalue weighted by atomic mass is 19.4. The second kappa shape index (κ2) is 9.09. The number of carbonyl (C=O) groups excluding carboxylic acids is 2. The predicted molar refractivity (Wildman–Crippen MR) is 102 cm³/mol. The van der Waals surface area contributed by atoms with Crippen molar-refractivity contribution >= 4 is 17.6 Å². The van der Waals surface area contributed by atoms with Crippen LogP contribution in [0.4, 0.5) is 18.9 Å². The summed E-state index contributed by atoms with van der Waals surface area (Å²) < 4.78 is 58.5. The number of hydrogen-bond donors (Lipinski definition) is 0. The zero-order valence-electron chi connectivity index (χ0n) is 16.6. The van der Waals surface area contributed by atoms with Crippen LogP contribution in [0.5, 0.6) is 11.5 Å². The number of halogens is 3. The minimum atomic E-state index is -4.43. The van der Waals surface area contributed by atoms with Crippen molar-refractivity contribution in [3.05, 3.63) is 65.4 Å². The Kier molecular flexibility index (Phi) is 6.50. The van der Waals surface area contributed by atoms with E-state index in [1.807, 2.05) is 0 Å². The van der Waals surface area contributed by atoms with Crippen LogP contribution in [0.15, 0.2) is 59.8 Å². The third-order valence-electron chi connectivity index (χ3n) is 4.40. The number of esters is 2. The van der Waals surface area contributed by atoms with Crippen LogP contribution >= 0.6 is 0 Å². The lowest BCUT2D eigenvalue weighted by atomic mass is 10.1. The van der Waals surface area contributed by atoms with Crippen LogP contribution in [-0.4, -0.2) is 39.5 Å². The van der Waals surface area contributed by atoms with Gasteiger partial charge in [-0.25, -0.2) is 9.59 Å². The number of nitrogens with zero attached hydrogens (tertiary/aromatic N) is 1. The smallest absolute Gasteiger partial charge is 0.416 e. The summed E-state index contributed by atoms with van der Waals surface area (Å²) in [4.78, 5) is 25.8. The van der Waals surface area contributed by atoms with E-state index in [1.54, 1.807) is 24.3 Å². The van der Waals surface area contributed by atoms with Crippen LogP contribution in [0.1, 0.15) is 5.56 Å². The average Bonchev–Trinajstić information content (AvgIpc) is 2.77. The van der Waals surface area contributed by atoms with Gasteiger partial charge in [-0.05, 0) is 48.5 Å². The Bertz CT molecular complexity index is 984. The van der Waals surface area contributed by atoms with Crippen molar-refractivity contribution in [1.82, 2.24) is 0 Å². The summed E-state index contributed by atoms with van der Waals surface area (Å²) in [5, 5.41) is 0. The van der Waals surface area contributed by atoms with Gasteiger partial charge in [0.05, 0.1) is 32.0 Å². The van der Waals surface area contributed by atoms with Crippen LogP contribution in [0, 0.1) is 0 Å². The molecular weight excluding hydrogens is 419 g/mol. The molecule has 0 amide bonds. The van der Waals surface area contributed by atoms with Crippen LogP contribution in [0.3, 0.4) is 0 Å². The first-order valence-corrected chi connectivity index (χ1v) is 8.95. The molecule has 1 heterocycles. The van der Waals surface area contributed by atoms with Gasteiger partial charge < -0.3 is 23.8 Å². The van der Waals surface area contributed by atoms with Crippen molar-refractivity contribution in [2.75, 3.05) is 32.5 Å². The van der Waals surface area contributed by atoms with E-state index in [2.05, 4.69) is 0 Å². The molecule has 7 nitrogen and oxygen atoms in total. The van der Waals surface area contributed by atoms with Gasteiger partial charge in [0, 0.05) is 5.69 Å². The molecule has 1 aliphatic heterocycles. The summed E-state index contributed by atoms with van der Waals surface area (Å²) in [5.74, 6) is -0.857. The second-order valence-electron chi connectivity index (χ2n) is 6.33. The molecule has 2 aromatic rings. The van der Waals surface area contributed by atoms with Gasteiger partial charge in [0.1, 0.15) is 23.9 Å². The molecule has 0 aliphatic carbocycles. The maximum atomic E-state index is 12.7. The Balaban J connectivity index is 1.83. The lowest BCUT2D eigenvalue weighted by Crippen LogP contribution is -2.38. The van der Waals surface area contributed by atoms with E-state index in [4.69, 9.17) is 18.9 Å². The molecule has 0 fully saturated rings. The molecule has 0 radical (unpaired) electrons. The summed E-state index contributed by atoms with van der Waals surface area (Å²) in [7, 11) is 2.38. The number of methoxy groups -OCH3 is 2. The van der Waals surface area contributed by atoms with Gasteiger partial charge in [-0.1, -0.05) is 0 Å². The summed E-state index contributed by atoms with van der Waals surface area (Å²) >= 11 is 0. The molecule has 0 saturated carbocycles. The van der Waals surface area contributed by atoms with E-state index in [1.165, 1.54) is 31.3 Å². The number of hydrogen-bond acceptors (Lipinski definition) is 7. The molecule has 164 valence electrons. The maximum Gasteiger partial charge on any atom is 0.416 e. The molecule has 0 unspecified atom stereocenters. The number of rotatable bonds is 5. The van der Waals surface area contributed by atoms with Crippen molar-refractivity contribution in [3.8, 4) is 11.5 Å². The van der Waals surface area contributed by atoms with Crippen LogP contribution in [-0.2, 0) is 30.0 Å². The van der Waals surface area contributed by atoms with Gasteiger partial charge in [-0.2, -0.15) is 13.2 Å². The second-order valence-corrected chi connectivity index (χ2v) is 6.33. The van der Waals surface area contributed by atoms with Crippen molar-refractivity contribution < 1.29 is 41.7 Å². The molecule has 0 N–H and O–H groups in total. The Morgan fingerprint density at radius 3 is 1.97 bits per heavy atom. The number of alkyl halides is 3. The maximum absolute atomic E-state index is 12.7. The molecule has 0 bridgehead atoms.